The number of terminal acetylenes is 1. The van der Waals surface area contributed by atoms with Gasteiger partial charge in [0.2, 0.25) is 0 Å². The molecular weight excluding hydrogens is 242 g/mol. The molecule has 0 amide bonds. The van der Waals surface area contributed by atoms with Crippen molar-refractivity contribution in [2.45, 2.75) is 25.8 Å². The molecule has 1 unspecified atom stereocenters. The molecule has 0 spiro atoms. The van der Waals surface area contributed by atoms with Crippen LogP contribution in [0.15, 0.2) is 21.4 Å². The Balaban J connectivity index is 2.68. The molecule has 0 bridgehead atoms. The van der Waals surface area contributed by atoms with E-state index >= 15 is 0 Å². The smallest absolute Gasteiger partial charge is 0.173 e. The zero-order chi connectivity index (χ0) is 10.4. The van der Waals surface area contributed by atoms with E-state index in [1.165, 1.54) is 0 Å². The summed E-state index contributed by atoms with van der Waals surface area (Å²) >= 11 is 3.35. The highest BCUT2D eigenvalue weighted by molar-refractivity contribution is 9.10. The standard InChI is InChI=1S/C11H14BrNO/c1-3-5-10(13-7-4-2)9-6-8-14-11(9)12/h1,6,8,10,13H,4-5,7H2,2H3. The highest BCUT2D eigenvalue weighted by Gasteiger charge is 2.14. The molecule has 1 aromatic rings. The summed E-state index contributed by atoms with van der Waals surface area (Å²) in [5, 5.41) is 3.38. The normalized spacial score (nSPS) is 12.4. The van der Waals surface area contributed by atoms with E-state index in [0.717, 1.165) is 23.2 Å². The lowest BCUT2D eigenvalue weighted by atomic mass is 10.1. The molecule has 0 aliphatic heterocycles. The molecule has 0 radical (unpaired) electrons. The average molecular weight is 256 g/mol. The van der Waals surface area contributed by atoms with Gasteiger partial charge in [-0.3, -0.25) is 0 Å². The Morgan fingerprint density at radius 2 is 2.50 bits per heavy atom. The van der Waals surface area contributed by atoms with Crippen molar-refractivity contribution in [1.29, 1.82) is 0 Å². The number of halogens is 1. The molecule has 1 heterocycles. The van der Waals surface area contributed by atoms with Crippen molar-refractivity contribution in [2.24, 2.45) is 0 Å². The van der Waals surface area contributed by atoms with Gasteiger partial charge >= 0.3 is 0 Å². The van der Waals surface area contributed by atoms with Crippen LogP contribution in [0.3, 0.4) is 0 Å². The summed E-state index contributed by atoms with van der Waals surface area (Å²) in [6.45, 7) is 3.09. The Labute approximate surface area is 93.2 Å². The monoisotopic (exact) mass is 255 g/mol. The van der Waals surface area contributed by atoms with Crippen LogP contribution < -0.4 is 5.32 Å². The number of hydrogen-bond acceptors (Lipinski definition) is 2. The molecule has 1 N–H and O–H groups in total. The van der Waals surface area contributed by atoms with E-state index in [1.54, 1.807) is 6.26 Å². The van der Waals surface area contributed by atoms with Crippen LogP contribution >= 0.6 is 15.9 Å². The Hall–Kier alpha value is -0.720. The minimum absolute atomic E-state index is 0.188. The predicted octanol–water partition coefficient (Wildman–Crippen LogP) is 3.11. The van der Waals surface area contributed by atoms with Crippen LogP contribution in [-0.4, -0.2) is 6.54 Å². The maximum absolute atomic E-state index is 5.32. The van der Waals surface area contributed by atoms with E-state index in [0.29, 0.717) is 6.42 Å². The molecule has 0 aromatic carbocycles. The molecule has 0 saturated carbocycles. The van der Waals surface area contributed by atoms with Crippen LogP contribution in [0.2, 0.25) is 0 Å². The zero-order valence-electron chi connectivity index (χ0n) is 8.22. The largest absolute Gasteiger partial charge is 0.457 e. The van der Waals surface area contributed by atoms with Gasteiger partial charge in [0.25, 0.3) is 0 Å². The second kappa shape index (κ2) is 5.90. The summed E-state index contributed by atoms with van der Waals surface area (Å²) < 4.78 is 5.94. The summed E-state index contributed by atoms with van der Waals surface area (Å²) in [7, 11) is 0. The molecule has 1 aromatic heterocycles. The molecule has 14 heavy (non-hydrogen) atoms. The van der Waals surface area contributed by atoms with Crippen molar-refractivity contribution in [1.82, 2.24) is 5.32 Å². The van der Waals surface area contributed by atoms with Gasteiger partial charge in [-0.15, -0.1) is 12.3 Å². The highest BCUT2D eigenvalue weighted by atomic mass is 79.9. The molecule has 1 rings (SSSR count). The molecule has 0 saturated heterocycles. The number of nitrogens with one attached hydrogen (secondary N) is 1. The minimum Gasteiger partial charge on any atom is -0.457 e. The lowest BCUT2D eigenvalue weighted by molar-refractivity contribution is 0.505. The first-order valence-corrected chi connectivity index (χ1v) is 5.48. The Kier molecular flexibility index (Phi) is 4.78. The third-order valence-corrected chi connectivity index (χ3v) is 2.63. The summed E-state index contributed by atoms with van der Waals surface area (Å²) in [4.78, 5) is 0. The van der Waals surface area contributed by atoms with E-state index < -0.39 is 0 Å². The summed E-state index contributed by atoms with van der Waals surface area (Å²) in [6.07, 6.45) is 8.76. The van der Waals surface area contributed by atoms with Gasteiger partial charge in [0.15, 0.2) is 4.67 Å². The SMILES string of the molecule is C#CCC(NCCC)c1ccoc1Br. The van der Waals surface area contributed by atoms with Crippen LogP contribution in [0.1, 0.15) is 31.4 Å². The molecule has 0 fully saturated rings. The fourth-order valence-corrected chi connectivity index (χ4v) is 1.80. The number of furan rings is 1. The highest BCUT2D eigenvalue weighted by Crippen LogP contribution is 2.26. The van der Waals surface area contributed by atoms with Crippen LogP contribution in [0, 0.1) is 12.3 Å². The maximum atomic E-state index is 5.32. The minimum atomic E-state index is 0.188. The third-order valence-electron chi connectivity index (χ3n) is 1.98. The van der Waals surface area contributed by atoms with Gasteiger partial charge in [-0.1, -0.05) is 6.92 Å². The van der Waals surface area contributed by atoms with Crippen LogP contribution in [0.5, 0.6) is 0 Å². The van der Waals surface area contributed by atoms with E-state index in [9.17, 15) is 0 Å². The summed E-state index contributed by atoms with van der Waals surface area (Å²) in [5.41, 5.74) is 1.09. The van der Waals surface area contributed by atoms with Crippen molar-refractivity contribution in [3.05, 3.63) is 22.6 Å². The van der Waals surface area contributed by atoms with E-state index in [2.05, 4.69) is 34.1 Å². The van der Waals surface area contributed by atoms with Gasteiger partial charge in [-0.05, 0) is 35.0 Å². The van der Waals surface area contributed by atoms with Gasteiger partial charge in [0, 0.05) is 18.0 Å². The molecular formula is C11H14BrNO. The van der Waals surface area contributed by atoms with Crippen molar-refractivity contribution in [3.63, 3.8) is 0 Å². The van der Waals surface area contributed by atoms with Crippen LogP contribution in [-0.2, 0) is 0 Å². The van der Waals surface area contributed by atoms with Crippen LogP contribution in [0.25, 0.3) is 0 Å². The van der Waals surface area contributed by atoms with Gasteiger partial charge in [0.1, 0.15) is 0 Å². The molecule has 3 heteroatoms. The van der Waals surface area contributed by atoms with Crippen LogP contribution in [0.4, 0.5) is 0 Å². The third kappa shape index (κ3) is 2.90. The van der Waals surface area contributed by atoms with Crippen molar-refractivity contribution >= 4 is 15.9 Å². The molecule has 0 aliphatic carbocycles. The first-order chi connectivity index (χ1) is 6.79. The number of rotatable bonds is 5. The van der Waals surface area contributed by atoms with E-state index in [-0.39, 0.29) is 6.04 Å². The second-order valence-corrected chi connectivity index (χ2v) is 3.78. The van der Waals surface area contributed by atoms with Gasteiger partial charge in [-0.2, -0.15) is 0 Å². The van der Waals surface area contributed by atoms with E-state index in [4.69, 9.17) is 10.8 Å². The van der Waals surface area contributed by atoms with Gasteiger partial charge < -0.3 is 9.73 Å². The lowest BCUT2D eigenvalue weighted by Gasteiger charge is -2.14. The fourth-order valence-electron chi connectivity index (χ4n) is 1.28. The molecule has 76 valence electrons. The Morgan fingerprint density at radius 3 is 3.00 bits per heavy atom. The van der Waals surface area contributed by atoms with Gasteiger partial charge in [-0.25, -0.2) is 0 Å². The lowest BCUT2D eigenvalue weighted by Crippen LogP contribution is -2.21. The maximum Gasteiger partial charge on any atom is 0.173 e. The zero-order valence-corrected chi connectivity index (χ0v) is 9.80. The van der Waals surface area contributed by atoms with Crippen molar-refractivity contribution in [2.75, 3.05) is 6.54 Å². The summed E-state index contributed by atoms with van der Waals surface area (Å²) in [6, 6.07) is 2.13. The van der Waals surface area contributed by atoms with E-state index in [1.807, 2.05) is 6.07 Å². The fraction of sp³-hybridized carbons (Fsp3) is 0.455. The average Bonchev–Trinajstić information content (AvgIpc) is 2.59. The van der Waals surface area contributed by atoms with Crippen molar-refractivity contribution < 1.29 is 4.42 Å². The Bertz CT molecular complexity index is 313. The van der Waals surface area contributed by atoms with Gasteiger partial charge in [0.05, 0.1) is 6.26 Å². The predicted molar refractivity (Wildman–Crippen MR) is 60.9 cm³/mol. The first kappa shape index (κ1) is 11.4. The van der Waals surface area contributed by atoms with Crippen molar-refractivity contribution in [3.8, 4) is 12.3 Å². The first-order valence-electron chi connectivity index (χ1n) is 4.69. The molecule has 1 atom stereocenters. The second-order valence-electron chi connectivity index (χ2n) is 3.06. The molecule has 0 aliphatic rings. The summed E-state index contributed by atoms with van der Waals surface area (Å²) in [5.74, 6) is 2.67. The Morgan fingerprint density at radius 1 is 1.71 bits per heavy atom. The topological polar surface area (TPSA) is 25.2 Å². The number of hydrogen-bond donors (Lipinski definition) is 1. The quantitative estimate of drug-likeness (QED) is 0.819. The molecule has 2 nitrogen and oxygen atoms in total.